The van der Waals surface area contributed by atoms with E-state index >= 15 is 0 Å². The Morgan fingerprint density at radius 3 is 2.48 bits per heavy atom. The largest absolute Gasteiger partial charge is 0.449 e. The number of carbonyl (C=O) groups is 2. The van der Waals surface area contributed by atoms with Crippen LogP contribution in [0.2, 0.25) is 0 Å². The molecule has 1 amide bonds. The fraction of sp³-hybridized carbons (Fsp3) is 0.467. The summed E-state index contributed by atoms with van der Waals surface area (Å²) in [5, 5.41) is 2.61. The van der Waals surface area contributed by atoms with Crippen molar-refractivity contribution in [2.75, 3.05) is 17.8 Å². The molecule has 0 spiro atoms. The molecule has 1 aromatic carbocycles. The van der Waals surface area contributed by atoms with Crippen LogP contribution >= 0.6 is 11.8 Å². The Balaban J connectivity index is 1.88. The number of ether oxygens (including phenoxy) is 1. The molecular formula is C15H19NO5S2. The number of carbonyl (C=O) groups excluding carboxylic acids is 2. The van der Waals surface area contributed by atoms with E-state index in [1.807, 2.05) is 6.26 Å². The molecule has 1 saturated heterocycles. The molecular weight excluding hydrogens is 338 g/mol. The number of sulfone groups is 1. The zero-order valence-electron chi connectivity index (χ0n) is 12.9. The zero-order chi connectivity index (χ0) is 17.0. The number of hydrogen-bond donors (Lipinski definition) is 1. The van der Waals surface area contributed by atoms with E-state index in [4.69, 9.17) is 4.74 Å². The van der Waals surface area contributed by atoms with E-state index in [0.29, 0.717) is 12.0 Å². The molecule has 1 heterocycles. The summed E-state index contributed by atoms with van der Waals surface area (Å²) < 4.78 is 27.9. The zero-order valence-corrected chi connectivity index (χ0v) is 14.6. The van der Waals surface area contributed by atoms with Crippen LogP contribution in [0.1, 0.15) is 23.7 Å². The number of rotatable bonds is 5. The lowest BCUT2D eigenvalue weighted by atomic mass is 10.2. The summed E-state index contributed by atoms with van der Waals surface area (Å²) in [6.45, 7) is 1.47. The number of benzene rings is 1. The lowest BCUT2D eigenvalue weighted by Gasteiger charge is -2.16. The van der Waals surface area contributed by atoms with Crippen LogP contribution in [0.15, 0.2) is 29.2 Å². The summed E-state index contributed by atoms with van der Waals surface area (Å²) in [6.07, 6.45) is 1.35. The summed E-state index contributed by atoms with van der Waals surface area (Å²) in [6, 6.07) is 6.48. The van der Waals surface area contributed by atoms with Gasteiger partial charge in [0.15, 0.2) is 15.9 Å². The van der Waals surface area contributed by atoms with Crippen molar-refractivity contribution in [1.29, 1.82) is 0 Å². The maximum atomic E-state index is 12.0. The number of hydrogen-bond acceptors (Lipinski definition) is 6. The number of thioether (sulfide) groups is 1. The second kappa shape index (κ2) is 7.35. The van der Waals surface area contributed by atoms with Crippen molar-refractivity contribution >= 4 is 33.5 Å². The van der Waals surface area contributed by atoms with Gasteiger partial charge in [-0.25, -0.2) is 13.2 Å². The molecule has 2 atom stereocenters. The van der Waals surface area contributed by atoms with E-state index < -0.39 is 33.9 Å². The van der Waals surface area contributed by atoms with E-state index in [9.17, 15) is 18.0 Å². The van der Waals surface area contributed by atoms with Crippen LogP contribution in [0.25, 0.3) is 0 Å². The van der Waals surface area contributed by atoms with Gasteiger partial charge in [0.25, 0.3) is 5.91 Å². The third-order valence-corrected chi connectivity index (χ3v) is 6.07. The Morgan fingerprint density at radius 1 is 1.30 bits per heavy atom. The maximum absolute atomic E-state index is 12.0. The molecule has 0 unspecified atom stereocenters. The average molecular weight is 357 g/mol. The van der Waals surface area contributed by atoms with Crippen molar-refractivity contribution in [2.45, 2.75) is 30.4 Å². The van der Waals surface area contributed by atoms with Gasteiger partial charge in [0.1, 0.15) is 0 Å². The molecule has 1 aliphatic rings. The topological polar surface area (TPSA) is 89.5 Å². The summed E-state index contributed by atoms with van der Waals surface area (Å²) in [7, 11) is -3.06. The fourth-order valence-electron chi connectivity index (χ4n) is 2.24. The van der Waals surface area contributed by atoms with Gasteiger partial charge >= 0.3 is 5.97 Å². The Kier molecular flexibility index (Phi) is 5.69. The Morgan fingerprint density at radius 2 is 1.96 bits per heavy atom. The highest BCUT2D eigenvalue weighted by Gasteiger charge is 2.30. The van der Waals surface area contributed by atoms with Gasteiger partial charge in [0, 0.05) is 10.9 Å². The fourth-order valence-corrected chi connectivity index (χ4v) is 4.32. The Hall–Kier alpha value is -1.54. The van der Waals surface area contributed by atoms with Gasteiger partial charge in [-0.05, 0) is 43.9 Å². The molecule has 1 aromatic rings. The molecule has 0 aliphatic carbocycles. The summed E-state index contributed by atoms with van der Waals surface area (Å²) in [5.41, 5.74) is 0.367. The molecule has 23 heavy (non-hydrogen) atoms. The normalized spacial score (nSPS) is 20.7. The van der Waals surface area contributed by atoms with E-state index in [0.717, 1.165) is 4.90 Å². The lowest BCUT2D eigenvalue weighted by molar-refractivity contribution is -0.129. The van der Waals surface area contributed by atoms with Gasteiger partial charge in [0.05, 0.1) is 17.1 Å². The number of esters is 1. The van der Waals surface area contributed by atoms with Crippen LogP contribution in [-0.2, 0) is 19.4 Å². The van der Waals surface area contributed by atoms with Crippen molar-refractivity contribution in [3.05, 3.63) is 29.8 Å². The molecule has 8 heteroatoms. The highest BCUT2D eigenvalue weighted by molar-refractivity contribution is 7.98. The first-order chi connectivity index (χ1) is 10.8. The van der Waals surface area contributed by atoms with Crippen LogP contribution in [-0.4, -0.2) is 50.2 Å². The highest BCUT2D eigenvalue weighted by Crippen LogP contribution is 2.16. The smallest absolute Gasteiger partial charge is 0.338 e. The maximum Gasteiger partial charge on any atom is 0.338 e. The SMILES string of the molecule is CSc1ccc(C(=O)O[C@@H](C)C(=O)N[C@@H]2CCS(=O)(=O)C2)cc1. The molecule has 6 nitrogen and oxygen atoms in total. The summed E-state index contributed by atoms with van der Waals surface area (Å²) >= 11 is 1.56. The minimum absolute atomic E-state index is 0.0600. The second-order valence-electron chi connectivity index (χ2n) is 5.38. The standard InChI is InChI=1S/C15H19NO5S2/c1-10(14(17)16-12-7-8-23(19,20)9-12)21-15(18)11-3-5-13(22-2)6-4-11/h3-6,10,12H,7-9H2,1-2H3,(H,16,17)/t10-,12+/m0/s1. The molecule has 0 bridgehead atoms. The van der Waals surface area contributed by atoms with E-state index in [1.165, 1.54) is 6.92 Å². The number of amides is 1. The molecule has 126 valence electrons. The first-order valence-electron chi connectivity index (χ1n) is 7.16. The quantitative estimate of drug-likeness (QED) is 0.630. The van der Waals surface area contributed by atoms with Gasteiger partial charge in [-0.2, -0.15) is 0 Å². The van der Waals surface area contributed by atoms with Gasteiger partial charge in [0.2, 0.25) is 0 Å². The van der Waals surface area contributed by atoms with Crippen LogP contribution in [0.4, 0.5) is 0 Å². The van der Waals surface area contributed by atoms with Crippen molar-refractivity contribution in [1.82, 2.24) is 5.32 Å². The van der Waals surface area contributed by atoms with Crippen molar-refractivity contribution in [3.8, 4) is 0 Å². The summed E-state index contributed by atoms with van der Waals surface area (Å²) in [4.78, 5) is 25.0. The Bertz CT molecular complexity index is 684. The Labute approximate surface area is 139 Å². The first-order valence-corrected chi connectivity index (χ1v) is 10.2. The summed E-state index contributed by atoms with van der Waals surface area (Å²) in [5.74, 6) is -1.05. The second-order valence-corrected chi connectivity index (χ2v) is 8.49. The first kappa shape index (κ1) is 17.8. The van der Waals surface area contributed by atoms with E-state index in [1.54, 1.807) is 36.0 Å². The lowest BCUT2D eigenvalue weighted by Crippen LogP contribution is -2.42. The van der Waals surface area contributed by atoms with E-state index in [2.05, 4.69) is 5.32 Å². The minimum atomic E-state index is -3.06. The molecule has 0 radical (unpaired) electrons. The van der Waals surface area contributed by atoms with Crippen molar-refractivity contribution in [3.63, 3.8) is 0 Å². The molecule has 0 aromatic heterocycles. The van der Waals surface area contributed by atoms with Gasteiger partial charge in [-0.1, -0.05) is 0 Å². The third-order valence-electron chi connectivity index (χ3n) is 3.56. The van der Waals surface area contributed by atoms with Crippen LogP contribution in [0.3, 0.4) is 0 Å². The molecule has 1 fully saturated rings. The van der Waals surface area contributed by atoms with Crippen molar-refractivity contribution < 1.29 is 22.7 Å². The van der Waals surface area contributed by atoms with E-state index in [-0.39, 0.29) is 11.5 Å². The molecule has 1 aliphatic heterocycles. The molecule has 0 saturated carbocycles. The van der Waals surface area contributed by atoms with Crippen molar-refractivity contribution in [2.24, 2.45) is 0 Å². The predicted molar refractivity (Wildman–Crippen MR) is 88.3 cm³/mol. The average Bonchev–Trinajstić information content (AvgIpc) is 2.86. The molecule has 1 N–H and O–H groups in total. The molecule has 2 rings (SSSR count). The van der Waals surface area contributed by atoms with Crippen LogP contribution in [0.5, 0.6) is 0 Å². The van der Waals surface area contributed by atoms with Crippen LogP contribution in [0, 0.1) is 0 Å². The number of nitrogens with one attached hydrogen (secondary N) is 1. The van der Waals surface area contributed by atoms with Gasteiger partial charge in [-0.3, -0.25) is 4.79 Å². The minimum Gasteiger partial charge on any atom is -0.449 e. The third kappa shape index (κ3) is 4.97. The van der Waals surface area contributed by atoms with Gasteiger partial charge < -0.3 is 10.1 Å². The predicted octanol–water partition coefficient (Wildman–Crippen LogP) is 1.26. The van der Waals surface area contributed by atoms with Gasteiger partial charge in [-0.15, -0.1) is 11.8 Å². The highest BCUT2D eigenvalue weighted by atomic mass is 32.2. The monoisotopic (exact) mass is 357 g/mol. The van der Waals surface area contributed by atoms with Crippen LogP contribution < -0.4 is 5.32 Å².